The molecule has 228 valence electrons. The van der Waals surface area contributed by atoms with Crippen LogP contribution < -0.4 is 4.74 Å². The van der Waals surface area contributed by atoms with Gasteiger partial charge in [-0.2, -0.15) is 0 Å². The highest BCUT2D eigenvalue weighted by atomic mass is 35.5. The Morgan fingerprint density at radius 3 is 2.32 bits per heavy atom. The highest BCUT2D eigenvalue weighted by Gasteiger charge is 2.31. The molecule has 0 spiro atoms. The van der Waals surface area contributed by atoms with E-state index in [1.165, 1.54) is 11.6 Å². The van der Waals surface area contributed by atoms with Crippen LogP contribution in [0.15, 0.2) is 91.4 Å². The molecule has 0 N–H and O–H groups in total. The van der Waals surface area contributed by atoms with E-state index in [0.717, 1.165) is 97.6 Å². The van der Waals surface area contributed by atoms with Gasteiger partial charge < -0.3 is 9.30 Å². The number of piperazine rings is 1. The number of alkyl halides is 3. The maximum atomic E-state index is 12.7. The second-order valence-corrected chi connectivity index (χ2v) is 11.5. The van der Waals surface area contributed by atoms with Gasteiger partial charge in [-0.3, -0.25) is 19.8 Å². The predicted molar refractivity (Wildman–Crippen MR) is 166 cm³/mol. The van der Waals surface area contributed by atoms with E-state index in [2.05, 4.69) is 53.3 Å². The van der Waals surface area contributed by atoms with Crippen molar-refractivity contribution in [3.8, 4) is 17.0 Å². The van der Waals surface area contributed by atoms with Gasteiger partial charge in [-0.15, -0.1) is 13.2 Å². The van der Waals surface area contributed by atoms with Gasteiger partial charge in [0.25, 0.3) is 0 Å². The van der Waals surface area contributed by atoms with E-state index in [9.17, 15) is 13.2 Å². The fourth-order valence-corrected chi connectivity index (χ4v) is 5.97. The Labute approximate surface area is 259 Å². The van der Waals surface area contributed by atoms with Crippen molar-refractivity contribution in [1.29, 1.82) is 0 Å². The monoisotopic (exact) mass is 619 g/mol. The minimum absolute atomic E-state index is 0.338. The van der Waals surface area contributed by atoms with Gasteiger partial charge in [0.2, 0.25) is 0 Å². The summed E-state index contributed by atoms with van der Waals surface area (Å²) in [5, 5.41) is 1.83. The minimum Gasteiger partial charge on any atom is -0.404 e. The highest BCUT2D eigenvalue weighted by molar-refractivity contribution is 6.31. The Morgan fingerprint density at radius 2 is 1.61 bits per heavy atom. The fraction of sp³-hybridized carbons (Fsp3) is 0.294. The summed E-state index contributed by atoms with van der Waals surface area (Å²) in [6.07, 6.45) is 1.95. The summed E-state index contributed by atoms with van der Waals surface area (Å²) in [6.45, 7) is 6.25. The van der Waals surface area contributed by atoms with Crippen molar-refractivity contribution in [1.82, 2.24) is 24.3 Å². The lowest BCUT2D eigenvalue weighted by molar-refractivity contribution is -0.274. The molecule has 1 fully saturated rings. The molecule has 4 heterocycles. The maximum absolute atomic E-state index is 12.7. The number of pyridine rings is 2. The Hall–Kier alpha value is -3.92. The Bertz CT molecular complexity index is 1680. The molecule has 6 nitrogen and oxygen atoms in total. The molecule has 0 radical (unpaired) electrons. The van der Waals surface area contributed by atoms with E-state index >= 15 is 0 Å². The van der Waals surface area contributed by atoms with Crippen LogP contribution in [0.2, 0.25) is 5.02 Å². The molecule has 44 heavy (non-hydrogen) atoms. The summed E-state index contributed by atoms with van der Waals surface area (Å²) in [7, 11) is 0. The van der Waals surface area contributed by atoms with Crippen LogP contribution in [-0.2, 0) is 26.1 Å². The van der Waals surface area contributed by atoms with Gasteiger partial charge in [0.1, 0.15) is 5.75 Å². The number of aromatic nitrogens is 3. The van der Waals surface area contributed by atoms with Gasteiger partial charge in [-0.25, -0.2) is 0 Å². The third-order valence-corrected chi connectivity index (χ3v) is 8.34. The quantitative estimate of drug-likeness (QED) is 0.161. The molecule has 6 rings (SSSR count). The van der Waals surface area contributed by atoms with Crippen molar-refractivity contribution in [2.24, 2.45) is 0 Å². The number of hydrogen-bond acceptors (Lipinski definition) is 5. The number of nitrogens with zero attached hydrogens (tertiary/aromatic N) is 5. The van der Waals surface area contributed by atoms with Crippen LogP contribution in [0.1, 0.15) is 23.2 Å². The summed E-state index contributed by atoms with van der Waals surface area (Å²) in [5.74, 6) is -0.338. The topological polar surface area (TPSA) is 46.4 Å². The van der Waals surface area contributed by atoms with Crippen molar-refractivity contribution in [2.75, 3.05) is 26.2 Å². The third kappa shape index (κ3) is 7.59. The fourth-order valence-electron chi connectivity index (χ4n) is 5.77. The number of benzene rings is 2. The molecule has 0 saturated carbocycles. The molecule has 1 saturated heterocycles. The molecule has 10 heteroatoms. The number of aryl methyl sites for hydroxylation is 2. The number of halogens is 4. The molecule has 0 bridgehead atoms. The molecule has 0 unspecified atom stereocenters. The van der Waals surface area contributed by atoms with Crippen LogP contribution in [-0.4, -0.2) is 56.9 Å². The van der Waals surface area contributed by atoms with Crippen molar-refractivity contribution in [3.63, 3.8) is 0 Å². The second kappa shape index (κ2) is 13.4. The first-order chi connectivity index (χ1) is 21.3. The number of hydrogen-bond donors (Lipinski definition) is 0. The summed E-state index contributed by atoms with van der Waals surface area (Å²) in [5.41, 5.74) is 5.91. The molecule has 5 aromatic rings. The summed E-state index contributed by atoms with van der Waals surface area (Å²) in [6, 6.07) is 23.3. The standard InChI is InChI=1S/C34H33ClF3N5O/c35-31-9-2-1-6-26(31)23-42-18-16-41(17-19-42)22-25-10-13-33-29(20-25)30(32-12-11-28(21-40-32)44-34(36,37)38)24-43(33)15-5-8-27-7-3-4-14-39-27/h1-4,6-7,9-14,20-21,24H,5,8,15-19,22-23H2. The zero-order chi connectivity index (χ0) is 30.5. The van der Waals surface area contributed by atoms with Gasteiger partial charge in [0, 0.05) is 85.4 Å². The zero-order valence-corrected chi connectivity index (χ0v) is 24.9. The van der Waals surface area contributed by atoms with E-state index in [0.29, 0.717) is 5.69 Å². The Kier molecular flexibility index (Phi) is 9.16. The van der Waals surface area contributed by atoms with Crippen molar-refractivity contribution in [2.45, 2.75) is 38.8 Å². The molecule has 2 aromatic carbocycles. The Morgan fingerprint density at radius 1 is 0.841 bits per heavy atom. The molecule has 1 aliphatic rings. The maximum Gasteiger partial charge on any atom is 0.573 e. The number of ether oxygens (including phenoxy) is 1. The first-order valence-electron chi connectivity index (χ1n) is 14.7. The molecular formula is C34H33ClF3N5O. The average Bonchev–Trinajstić information content (AvgIpc) is 3.37. The molecule has 1 aliphatic heterocycles. The van der Waals surface area contributed by atoms with Crippen LogP contribution >= 0.6 is 11.6 Å². The third-order valence-electron chi connectivity index (χ3n) is 7.97. The van der Waals surface area contributed by atoms with Crippen molar-refractivity contribution in [3.05, 3.63) is 113 Å². The molecule has 3 aromatic heterocycles. The average molecular weight is 620 g/mol. The molecule has 0 amide bonds. The summed E-state index contributed by atoms with van der Waals surface area (Å²) in [4.78, 5) is 13.7. The van der Waals surface area contributed by atoms with E-state index < -0.39 is 6.36 Å². The second-order valence-electron chi connectivity index (χ2n) is 11.1. The number of rotatable bonds is 10. The zero-order valence-electron chi connectivity index (χ0n) is 24.2. The predicted octanol–water partition coefficient (Wildman–Crippen LogP) is 7.60. The smallest absolute Gasteiger partial charge is 0.404 e. The van der Waals surface area contributed by atoms with E-state index in [1.807, 2.05) is 42.6 Å². The number of fused-ring (bicyclic) bond motifs is 1. The molecule has 0 atom stereocenters. The van der Waals surface area contributed by atoms with Crippen LogP contribution in [0.5, 0.6) is 5.75 Å². The van der Waals surface area contributed by atoms with E-state index in [4.69, 9.17) is 11.6 Å². The Balaban J connectivity index is 1.19. The van der Waals surface area contributed by atoms with Crippen LogP contribution in [0.25, 0.3) is 22.2 Å². The minimum atomic E-state index is -4.76. The van der Waals surface area contributed by atoms with Crippen molar-refractivity contribution < 1.29 is 17.9 Å². The van der Waals surface area contributed by atoms with E-state index in [1.54, 1.807) is 12.3 Å². The normalized spacial score (nSPS) is 14.7. The highest BCUT2D eigenvalue weighted by Crippen LogP contribution is 2.33. The molecule has 0 aliphatic carbocycles. The SMILES string of the molecule is FC(F)(F)Oc1ccc(-c2cn(CCCc3ccccn3)c3ccc(CN4CCN(Cc5ccccc5Cl)CC4)cc23)nc1. The van der Waals surface area contributed by atoms with Gasteiger partial charge in [-0.1, -0.05) is 41.9 Å². The van der Waals surface area contributed by atoms with E-state index in [-0.39, 0.29) is 5.75 Å². The molecular weight excluding hydrogens is 587 g/mol. The van der Waals surface area contributed by atoms with Crippen LogP contribution in [0.3, 0.4) is 0 Å². The van der Waals surface area contributed by atoms with Crippen molar-refractivity contribution >= 4 is 22.5 Å². The van der Waals surface area contributed by atoms with Gasteiger partial charge >= 0.3 is 6.36 Å². The van der Waals surface area contributed by atoms with Gasteiger partial charge in [0.15, 0.2) is 0 Å². The lowest BCUT2D eigenvalue weighted by Gasteiger charge is -2.35. The lowest BCUT2D eigenvalue weighted by Crippen LogP contribution is -2.45. The first-order valence-corrected chi connectivity index (χ1v) is 15.1. The van der Waals surface area contributed by atoms with Crippen LogP contribution in [0, 0.1) is 0 Å². The first kappa shape index (κ1) is 30.1. The van der Waals surface area contributed by atoms with Gasteiger partial charge in [-0.05, 0) is 66.4 Å². The summed E-state index contributed by atoms with van der Waals surface area (Å²) < 4.78 is 44.4. The largest absolute Gasteiger partial charge is 0.573 e. The summed E-state index contributed by atoms with van der Waals surface area (Å²) >= 11 is 6.38. The van der Waals surface area contributed by atoms with Crippen LogP contribution in [0.4, 0.5) is 13.2 Å². The van der Waals surface area contributed by atoms with Gasteiger partial charge in [0.05, 0.1) is 11.9 Å². The lowest BCUT2D eigenvalue weighted by atomic mass is 10.1.